The number of rotatable bonds is 4. The van der Waals surface area contributed by atoms with Crippen molar-refractivity contribution in [3.8, 4) is 5.75 Å². The van der Waals surface area contributed by atoms with E-state index in [2.05, 4.69) is 6.07 Å². The van der Waals surface area contributed by atoms with Crippen molar-refractivity contribution in [2.24, 2.45) is 0 Å². The maximum Gasteiger partial charge on any atom is 0.122 e. The lowest BCUT2D eigenvalue weighted by atomic mass is 10.00. The number of aliphatic hydroxyl groups is 1. The average molecular weight is 236 g/mol. The van der Waals surface area contributed by atoms with Crippen molar-refractivity contribution < 1.29 is 14.6 Å². The van der Waals surface area contributed by atoms with Crippen LogP contribution in [-0.2, 0) is 11.2 Å². The molecule has 3 nitrogen and oxygen atoms in total. The van der Waals surface area contributed by atoms with Crippen LogP contribution in [0.5, 0.6) is 5.75 Å². The van der Waals surface area contributed by atoms with Gasteiger partial charge in [-0.2, -0.15) is 0 Å². The number of hydrogen-bond donors (Lipinski definition) is 1. The molecule has 1 heterocycles. The normalized spacial score (nSPS) is 21.5. The van der Waals surface area contributed by atoms with Gasteiger partial charge in [0.15, 0.2) is 0 Å². The highest BCUT2D eigenvalue weighted by atomic mass is 16.5. The van der Waals surface area contributed by atoms with Gasteiger partial charge in [-0.05, 0) is 31.4 Å². The molecule has 1 fully saturated rings. The minimum absolute atomic E-state index is 0.0137. The molecule has 0 radical (unpaired) electrons. The minimum atomic E-state index is -0.437. The van der Waals surface area contributed by atoms with Crippen LogP contribution in [0.1, 0.15) is 24.0 Å². The monoisotopic (exact) mass is 236 g/mol. The van der Waals surface area contributed by atoms with E-state index in [9.17, 15) is 5.11 Å². The highest BCUT2D eigenvalue weighted by Gasteiger charge is 2.25. The summed E-state index contributed by atoms with van der Waals surface area (Å²) in [5.41, 5.74) is 2.23. The molecule has 0 aliphatic carbocycles. The van der Waals surface area contributed by atoms with E-state index in [0.29, 0.717) is 6.42 Å². The summed E-state index contributed by atoms with van der Waals surface area (Å²) in [7, 11) is 1.66. The van der Waals surface area contributed by atoms with Crippen molar-refractivity contribution in [2.75, 3.05) is 13.7 Å². The van der Waals surface area contributed by atoms with Crippen molar-refractivity contribution in [1.29, 1.82) is 0 Å². The number of aliphatic hydroxyl groups excluding tert-OH is 1. The molecular formula is C14H20O3. The molecule has 1 aromatic rings. The molecule has 0 saturated carbocycles. The predicted molar refractivity (Wildman–Crippen MR) is 66.4 cm³/mol. The molecule has 1 aromatic carbocycles. The van der Waals surface area contributed by atoms with Crippen molar-refractivity contribution in [2.45, 2.75) is 38.4 Å². The van der Waals surface area contributed by atoms with Crippen LogP contribution in [0.4, 0.5) is 0 Å². The van der Waals surface area contributed by atoms with Crippen LogP contribution in [0.25, 0.3) is 0 Å². The first-order valence-electron chi connectivity index (χ1n) is 6.14. The van der Waals surface area contributed by atoms with Crippen LogP contribution in [-0.4, -0.2) is 31.0 Å². The van der Waals surface area contributed by atoms with Gasteiger partial charge in [-0.25, -0.2) is 0 Å². The molecular weight excluding hydrogens is 216 g/mol. The molecule has 0 bridgehead atoms. The Morgan fingerprint density at radius 1 is 1.53 bits per heavy atom. The first kappa shape index (κ1) is 12.4. The quantitative estimate of drug-likeness (QED) is 0.870. The molecule has 1 aliphatic heterocycles. The second kappa shape index (κ2) is 5.52. The Bertz CT molecular complexity index is 370. The van der Waals surface area contributed by atoms with Gasteiger partial charge in [0.1, 0.15) is 5.75 Å². The number of methoxy groups -OCH3 is 1. The highest BCUT2D eigenvalue weighted by molar-refractivity contribution is 5.37. The summed E-state index contributed by atoms with van der Waals surface area (Å²) in [5, 5.41) is 10.1. The maximum absolute atomic E-state index is 10.1. The number of benzene rings is 1. The standard InChI is InChI=1S/C14H20O3/c1-10-5-6-13(16-2)11(8-10)9-12(15)14-4-3-7-17-14/h5-6,8,12,14-15H,3-4,7,9H2,1-2H3. The van der Waals surface area contributed by atoms with Gasteiger partial charge in [0.25, 0.3) is 0 Å². The maximum atomic E-state index is 10.1. The summed E-state index contributed by atoms with van der Waals surface area (Å²) < 4.78 is 10.8. The third kappa shape index (κ3) is 2.99. The van der Waals surface area contributed by atoms with Gasteiger partial charge in [-0.3, -0.25) is 0 Å². The van der Waals surface area contributed by atoms with Gasteiger partial charge in [0.2, 0.25) is 0 Å². The van der Waals surface area contributed by atoms with E-state index < -0.39 is 6.10 Å². The van der Waals surface area contributed by atoms with Crippen LogP contribution in [0.3, 0.4) is 0 Å². The van der Waals surface area contributed by atoms with Crippen LogP contribution in [0, 0.1) is 6.92 Å². The number of aryl methyl sites for hydroxylation is 1. The first-order chi connectivity index (χ1) is 8.20. The molecule has 94 valence electrons. The van der Waals surface area contributed by atoms with Gasteiger partial charge >= 0.3 is 0 Å². The van der Waals surface area contributed by atoms with Crippen LogP contribution >= 0.6 is 0 Å². The molecule has 1 aliphatic rings. The van der Waals surface area contributed by atoms with Crippen LogP contribution < -0.4 is 4.74 Å². The van der Waals surface area contributed by atoms with E-state index in [0.717, 1.165) is 30.8 Å². The Balaban J connectivity index is 2.08. The fourth-order valence-electron chi connectivity index (χ4n) is 2.33. The smallest absolute Gasteiger partial charge is 0.122 e. The van der Waals surface area contributed by atoms with E-state index >= 15 is 0 Å². The van der Waals surface area contributed by atoms with Gasteiger partial charge in [0.05, 0.1) is 19.3 Å². The Labute approximate surface area is 102 Å². The molecule has 0 aromatic heterocycles. The summed E-state index contributed by atoms with van der Waals surface area (Å²) in [4.78, 5) is 0. The van der Waals surface area contributed by atoms with E-state index in [-0.39, 0.29) is 6.10 Å². The van der Waals surface area contributed by atoms with Crippen molar-refractivity contribution in [3.05, 3.63) is 29.3 Å². The zero-order valence-corrected chi connectivity index (χ0v) is 10.5. The largest absolute Gasteiger partial charge is 0.496 e. The zero-order chi connectivity index (χ0) is 12.3. The van der Waals surface area contributed by atoms with Gasteiger partial charge < -0.3 is 14.6 Å². The fraction of sp³-hybridized carbons (Fsp3) is 0.571. The molecule has 2 atom stereocenters. The molecule has 0 amide bonds. The highest BCUT2D eigenvalue weighted by Crippen LogP contribution is 2.24. The predicted octanol–water partition coefficient (Wildman–Crippen LogP) is 2.09. The minimum Gasteiger partial charge on any atom is -0.496 e. The molecule has 1 N–H and O–H groups in total. The molecule has 1 saturated heterocycles. The lowest BCUT2D eigenvalue weighted by molar-refractivity contribution is -0.000998. The Morgan fingerprint density at radius 2 is 2.35 bits per heavy atom. The zero-order valence-electron chi connectivity index (χ0n) is 10.5. The second-order valence-corrected chi connectivity index (χ2v) is 4.64. The molecule has 3 heteroatoms. The molecule has 17 heavy (non-hydrogen) atoms. The third-order valence-electron chi connectivity index (χ3n) is 3.26. The summed E-state index contributed by atoms with van der Waals surface area (Å²) >= 11 is 0. The van der Waals surface area contributed by atoms with E-state index in [1.165, 1.54) is 5.56 Å². The fourth-order valence-corrected chi connectivity index (χ4v) is 2.33. The number of hydrogen-bond acceptors (Lipinski definition) is 3. The summed E-state index contributed by atoms with van der Waals surface area (Å²) in [6.45, 7) is 2.81. The van der Waals surface area contributed by atoms with Gasteiger partial charge in [-0.15, -0.1) is 0 Å². The summed E-state index contributed by atoms with van der Waals surface area (Å²) in [6.07, 6.45) is 2.14. The molecule has 2 rings (SSSR count). The molecule has 2 unspecified atom stereocenters. The lowest BCUT2D eigenvalue weighted by Crippen LogP contribution is -2.27. The van der Waals surface area contributed by atoms with E-state index in [1.54, 1.807) is 7.11 Å². The third-order valence-corrected chi connectivity index (χ3v) is 3.26. The summed E-state index contributed by atoms with van der Waals surface area (Å²) in [6, 6.07) is 6.03. The van der Waals surface area contributed by atoms with E-state index in [4.69, 9.17) is 9.47 Å². The summed E-state index contributed by atoms with van der Waals surface area (Å²) in [5.74, 6) is 0.840. The lowest BCUT2D eigenvalue weighted by Gasteiger charge is -2.19. The Hall–Kier alpha value is -1.06. The van der Waals surface area contributed by atoms with Crippen molar-refractivity contribution >= 4 is 0 Å². The van der Waals surface area contributed by atoms with Crippen LogP contribution in [0.15, 0.2) is 18.2 Å². The average Bonchev–Trinajstić information content (AvgIpc) is 2.83. The Morgan fingerprint density at radius 3 is 3.00 bits per heavy atom. The van der Waals surface area contributed by atoms with Gasteiger partial charge in [-0.1, -0.05) is 17.7 Å². The van der Waals surface area contributed by atoms with Crippen molar-refractivity contribution in [3.63, 3.8) is 0 Å². The Kier molecular flexibility index (Phi) is 4.02. The topological polar surface area (TPSA) is 38.7 Å². The first-order valence-corrected chi connectivity index (χ1v) is 6.14. The molecule has 0 spiro atoms. The van der Waals surface area contributed by atoms with E-state index in [1.807, 2.05) is 19.1 Å². The number of ether oxygens (including phenoxy) is 2. The van der Waals surface area contributed by atoms with Gasteiger partial charge in [0, 0.05) is 13.0 Å². The SMILES string of the molecule is COc1ccc(C)cc1CC(O)C1CCCO1. The van der Waals surface area contributed by atoms with Crippen LogP contribution in [0.2, 0.25) is 0 Å². The second-order valence-electron chi connectivity index (χ2n) is 4.64. The van der Waals surface area contributed by atoms with Crippen molar-refractivity contribution in [1.82, 2.24) is 0 Å².